The molecule has 0 saturated carbocycles. The van der Waals surface area contributed by atoms with Gasteiger partial charge < -0.3 is 11.1 Å². The van der Waals surface area contributed by atoms with Gasteiger partial charge in [-0.2, -0.15) is 0 Å². The Labute approximate surface area is 70.5 Å². The standard InChI is InChI=1S/C9H22N2/c1-4-6-9(5-2)11-8(3)7-10/h8-9,11H,4-7,10H2,1-3H3. The summed E-state index contributed by atoms with van der Waals surface area (Å²) < 4.78 is 0. The normalized spacial score (nSPS) is 16.4. The quantitative estimate of drug-likeness (QED) is 0.615. The summed E-state index contributed by atoms with van der Waals surface area (Å²) in [6, 6.07) is 1.13. The van der Waals surface area contributed by atoms with E-state index < -0.39 is 0 Å². The van der Waals surface area contributed by atoms with Crippen LogP contribution in [0.5, 0.6) is 0 Å². The Morgan fingerprint density at radius 1 is 1.36 bits per heavy atom. The molecule has 11 heavy (non-hydrogen) atoms. The second kappa shape index (κ2) is 6.62. The summed E-state index contributed by atoms with van der Waals surface area (Å²) >= 11 is 0. The van der Waals surface area contributed by atoms with E-state index in [2.05, 4.69) is 26.1 Å². The fourth-order valence-electron chi connectivity index (χ4n) is 1.22. The fraction of sp³-hybridized carbons (Fsp3) is 1.00. The molecule has 2 atom stereocenters. The largest absolute Gasteiger partial charge is 0.329 e. The number of rotatable bonds is 6. The lowest BCUT2D eigenvalue weighted by Crippen LogP contribution is -2.40. The molecule has 0 aromatic rings. The van der Waals surface area contributed by atoms with Crippen LogP contribution in [0.15, 0.2) is 0 Å². The molecule has 0 fully saturated rings. The molecular formula is C9H22N2. The first-order chi connectivity index (χ1) is 5.24. The van der Waals surface area contributed by atoms with Crippen molar-refractivity contribution >= 4 is 0 Å². The van der Waals surface area contributed by atoms with Gasteiger partial charge >= 0.3 is 0 Å². The summed E-state index contributed by atoms with van der Waals surface area (Å²) in [5.41, 5.74) is 5.51. The van der Waals surface area contributed by atoms with Crippen molar-refractivity contribution in [3.8, 4) is 0 Å². The van der Waals surface area contributed by atoms with Crippen LogP contribution in [0.4, 0.5) is 0 Å². The third kappa shape index (κ3) is 5.22. The molecule has 0 bridgehead atoms. The van der Waals surface area contributed by atoms with Gasteiger partial charge in [0.15, 0.2) is 0 Å². The minimum Gasteiger partial charge on any atom is -0.329 e. The minimum atomic E-state index is 0.464. The van der Waals surface area contributed by atoms with Gasteiger partial charge in [-0.3, -0.25) is 0 Å². The molecule has 2 unspecified atom stereocenters. The van der Waals surface area contributed by atoms with Gasteiger partial charge in [0.1, 0.15) is 0 Å². The van der Waals surface area contributed by atoms with Crippen molar-refractivity contribution in [1.29, 1.82) is 0 Å². The van der Waals surface area contributed by atoms with Crippen LogP contribution in [-0.4, -0.2) is 18.6 Å². The van der Waals surface area contributed by atoms with E-state index in [0.29, 0.717) is 12.1 Å². The Morgan fingerprint density at radius 3 is 2.36 bits per heavy atom. The molecule has 0 aliphatic heterocycles. The first-order valence-corrected chi connectivity index (χ1v) is 4.70. The van der Waals surface area contributed by atoms with Crippen LogP contribution in [0.2, 0.25) is 0 Å². The molecule has 0 aliphatic rings. The monoisotopic (exact) mass is 158 g/mol. The van der Waals surface area contributed by atoms with Gasteiger partial charge in [0, 0.05) is 18.6 Å². The van der Waals surface area contributed by atoms with E-state index in [4.69, 9.17) is 5.73 Å². The van der Waals surface area contributed by atoms with Gasteiger partial charge in [-0.15, -0.1) is 0 Å². The molecule has 0 aromatic carbocycles. The highest BCUT2D eigenvalue weighted by molar-refractivity contribution is 4.69. The Balaban J connectivity index is 3.49. The summed E-state index contributed by atoms with van der Waals surface area (Å²) in [7, 11) is 0. The maximum Gasteiger partial charge on any atom is 0.0164 e. The molecule has 2 nitrogen and oxygen atoms in total. The molecule has 0 aliphatic carbocycles. The van der Waals surface area contributed by atoms with Crippen LogP contribution < -0.4 is 11.1 Å². The van der Waals surface area contributed by atoms with Crippen LogP contribution in [-0.2, 0) is 0 Å². The number of nitrogens with two attached hydrogens (primary N) is 1. The Hall–Kier alpha value is -0.0800. The van der Waals surface area contributed by atoms with E-state index in [9.17, 15) is 0 Å². The average Bonchev–Trinajstić information content (AvgIpc) is 2.03. The third-order valence-electron chi connectivity index (χ3n) is 2.00. The second-order valence-corrected chi connectivity index (χ2v) is 3.20. The lowest BCUT2D eigenvalue weighted by molar-refractivity contribution is 0.414. The average molecular weight is 158 g/mol. The van der Waals surface area contributed by atoms with Gasteiger partial charge in [-0.25, -0.2) is 0 Å². The van der Waals surface area contributed by atoms with E-state index in [-0.39, 0.29) is 0 Å². The zero-order valence-corrected chi connectivity index (χ0v) is 8.06. The molecule has 68 valence electrons. The lowest BCUT2D eigenvalue weighted by Gasteiger charge is -2.20. The van der Waals surface area contributed by atoms with Crippen molar-refractivity contribution < 1.29 is 0 Å². The first kappa shape index (κ1) is 10.9. The molecule has 0 saturated heterocycles. The van der Waals surface area contributed by atoms with E-state index in [0.717, 1.165) is 6.54 Å². The van der Waals surface area contributed by atoms with Crippen molar-refractivity contribution in [1.82, 2.24) is 5.32 Å². The summed E-state index contributed by atoms with van der Waals surface area (Å²) in [5.74, 6) is 0. The van der Waals surface area contributed by atoms with E-state index in [1.165, 1.54) is 19.3 Å². The maximum atomic E-state index is 5.51. The van der Waals surface area contributed by atoms with Crippen LogP contribution in [0.3, 0.4) is 0 Å². The Kier molecular flexibility index (Phi) is 6.57. The minimum absolute atomic E-state index is 0.464. The van der Waals surface area contributed by atoms with Gasteiger partial charge in [0.25, 0.3) is 0 Å². The van der Waals surface area contributed by atoms with E-state index >= 15 is 0 Å². The number of hydrogen-bond acceptors (Lipinski definition) is 2. The van der Waals surface area contributed by atoms with E-state index in [1.807, 2.05) is 0 Å². The Bertz CT molecular complexity index is 83.6. The van der Waals surface area contributed by atoms with Gasteiger partial charge in [0.05, 0.1) is 0 Å². The molecule has 3 N–H and O–H groups in total. The molecular weight excluding hydrogens is 136 g/mol. The fourth-order valence-corrected chi connectivity index (χ4v) is 1.22. The second-order valence-electron chi connectivity index (χ2n) is 3.20. The SMILES string of the molecule is CCCC(CC)NC(C)CN. The molecule has 0 heterocycles. The zero-order chi connectivity index (χ0) is 8.69. The van der Waals surface area contributed by atoms with Crippen molar-refractivity contribution in [2.75, 3.05) is 6.54 Å². The van der Waals surface area contributed by atoms with Crippen molar-refractivity contribution in [3.63, 3.8) is 0 Å². The van der Waals surface area contributed by atoms with Crippen LogP contribution in [0.25, 0.3) is 0 Å². The van der Waals surface area contributed by atoms with Crippen molar-refractivity contribution in [2.45, 2.75) is 52.1 Å². The molecule has 2 heteroatoms. The smallest absolute Gasteiger partial charge is 0.0164 e. The lowest BCUT2D eigenvalue weighted by atomic mass is 10.1. The van der Waals surface area contributed by atoms with E-state index in [1.54, 1.807) is 0 Å². The number of nitrogens with one attached hydrogen (secondary N) is 1. The highest BCUT2D eigenvalue weighted by Gasteiger charge is 2.06. The van der Waals surface area contributed by atoms with Crippen LogP contribution in [0.1, 0.15) is 40.0 Å². The zero-order valence-electron chi connectivity index (χ0n) is 8.06. The highest BCUT2D eigenvalue weighted by Crippen LogP contribution is 2.01. The topological polar surface area (TPSA) is 38.0 Å². The summed E-state index contributed by atoms with van der Waals surface area (Å²) in [6.45, 7) is 7.31. The Morgan fingerprint density at radius 2 is 2.00 bits per heavy atom. The third-order valence-corrected chi connectivity index (χ3v) is 2.00. The number of hydrogen-bond donors (Lipinski definition) is 2. The van der Waals surface area contributed by atoms with Crippen molar-refractivity contribution in [3.05, 3.63) is 0 Å². The van der Waals surface area contributed by atoms with Crippen molar-refractivity contribution in [2.24, 2.45) is 5.73 Å². The highest BCUT2D eigenvalue weighted by atomic mass is 15.0. The summed E-state index contributed by atoms with van der Waals surface area (Å²) in [5, 5.41) is 3.49. The first-order valence-electron chi connectivity index (χ1n) is 4.70. The summed E-state index contributed by atoms with van der Waals surface area (Å²) in [6.07, 6.45) is 3.72. The maximum absolute atomic E-state index is 5.51. The van der Waals surface area contributed by atoms with Crippen LogP contribution in [0, 0.1) is 0 Å². The van der Waals surface area contributed by atoms with Gasteiger partial charge in [0.2, 0.25) is 0 Å². The molecule has 0 radical (unpaired) electrons. The predicted octanol–water partition coefficient (Wildman–Crippen LogP) is 1.50. The molecule has 0 amide bonds. The molecule has 0 rings (SSSR count). The van der Waals surface area contributed by atoms with Crippen LogP contribution >= 0.6 is 0 Å². The van der Waals surface area contributed by atoms with Gasteiger partial charge in [-0.1, -0.05) is 20.3 Å². The van der Waals surface area contributed by atoms with Gasteiger partial charge in [-0.05, 0) is 19.8 Å². The molecule has 0 aromatic heterocycles. The summed E-state index contributed by atoms with van der Waals surface area (Å²) in [4.78, 5) is 0. The predicted molar refractivity (Wildman–Crippen MR) is 50.6 cm³/mol. The molecule has 0 spiro atoms.